The number of carbonyl (C=O) groups excluding carboxylic acids is 2. The first-order valence-electron chi connectivity index (χ1n) is 9.70. The van der Waals surface area contributed by atoms with Crippen LogP contribution in [0.5, 0.6) is 11.6 Å². The molecule has 9 nitrogen and oxygen atoms in total. The number of halogens is 1. The molecule has 2 amide bonds. The van der Waals surface area contributed by atoms with Crippen LogP contribution in [0, 0.1) is 5.82 Å². The Balaban J connectivity index is 1.35. The summed E-state index contributed by atoms with van der Waals surface area (Å²) >= 11 is 0. The Hall–Kier alpha value is -3.14. The molecule has 1 N–H and O–H groups in total. The van der Waals surface area contributed by atoms with Crippen molar-refractivity contribution in [1.82, 2.24) is 24.9 Å². The van der Waals surface area contributed by atoms with Crippen molar-refractivity contribution in [1.29, 1.82) is 0 Å². The molecule has 162 valence electrons. The summed E-state index contributed by atoms with van der Waals surface area (Å²) < 4.78 is 24.9. The molecule has 10 heteroatoms. The van der Waals surface area contributed by atoms with E-state index < -0.39 is 0 Å². The summed E-state index contributed by atoms with van der Waals surface area (Å²) in [6, 6.07) is 5.51. The number of hydrogen-bond donors (Lipinski definition) is 1. The maximum atomic E-state index is 12.8. The zero-order valence-electron chi connectivity index (χ0n) is 17.1. The van der Waals surface area contributed by atoms with E-state index in [2.05, 4.69) is 15.3 Å². The van der Waals surface area contributed by atoms with Gasteiger partial charge in [-0.25, -0.2) is 4.39 Å². The molecule has 2 aromatic rings. The molecule has 0 bridgehead atoms. The van der Waals surface area contributed by atoms with Crippen LogP contribution in [0.4, 0.5) is 4.39 Å². The monoisotopic (exact) mass is 419 g/mol. The number of ether oxygens (including phenoxy) is 2. The van der Waals surface area contributed by atoms with E-state index >= 15 is 0 Å². The van der Waals surface area contributed by atoms with Gasteiger partial charge in [-0.15, -0.1) is 5.10 Å². The molecule has 1 aliphatic heterocycles. The molecule has 0 unspecified atom stereocenters. The second kappa shape index (κ2) is 10.1. The molecule has 1 aromatic carbocycles. The molecule has 30 heavy (non-hydrogen) atoms. The molecular weight excluding hydrogens is 393 g/mol. The highest BCUT2D eigenvalue weighted by atomic mass is 19.1. The SMILES string of the molecule is COc1nn(C)cc1C(=O)N1CCN(CCNC(=O)COc2ccc(F)cc2)CC1. The lowest BCUT2D eigenvalue weighted by molar-refractivity contribution is -0.123. The number of nitrogens with zero attached hydrogens (tertiary/aromatic N) is 4. The molecule has 0 spiro atoms. The Kier molecular flexibility index (Phi) is 7.23. The van der Waals surface area contributed by atoms with E-state index in [4.69, 9.17) is 9.47 Å². The molecule has 1 saturated heterocycles. The normalized spacial score (nSPS) is 14.4. The van der Waals surface area contributed by atoms with E-state index in [0.29, 0.717) is 43.4 Å². The van der Waals surface area contributed by atoms with Crippen molar-refractivity contribution in [2.24, 2.45) is 7.05 Å². The predicted molar refractivity (Wildman–Crippen MR) is 107 cm³/mol. The van der Waals surface area contributed by atoms with Crippen LogP contribution in [0.25, 0.3) is 0 Å². The number of carbonyl (C=O) groups is 2. The van der Waals surface area contributed by atoms with Crippen molar-refractivity contribution < 1.29 is 23.5 Å². The van der Waals surface area contributed by atoms with Crippen LogP contribution >= 0.6 is 0 Å². The highest BCUT2D eigenvalue weighted by molar-refractivity contribution is 5.96. The van der Waals surface area contributed by atoms with Crippen LogP contribution in [-0.4, -0.2) is 84.4 Å². The van der Waals surface area contributed by atoms with Gasteiger partial charge in [0, 0.05) is 52.5 Å². The van der Waals surface area contributed by atoms with Gasteiger partial charge in [-0.1, -0.05) is 0 Å². The summed E-state index contributed by atoms with van der Waals surface area (Å²) in [5.41, 5.74) is 0.460. The third kappa shape index (κ3) is 5.69. The average Bonchev–Trinajstić information content (AvgIpc) is 3.14. The first-order chi connectivity index (χ1) is 14.5. The van der Waals surface area contributed by atoms with E-state index in [0.717, 1.165) is 13.1 Å². The number of aromatic nitrogens is 2. The van der Waals surface area contributed by atoms with Gasteiger partial charge in [0.1, 0.15) is 17.1 Å². The van der Waals surface area contributed by atoms with Crippen molar-refractivity contribution in [2.45, 2.75) is 0 Å². The summed E-state index contributed by atoms with van der Waals surface area (Å²) in [6.07, 6.45) is 1.66. The lowest BCUT2D eigenvalue weighted by atomic mass is 10.2. The van der Waals surface area contributed by atoms with Crippen LogP contribution in [0.1, 0.15) is 10.4 Å². The lowest BCUT2D eigenvalue weighted by Crippen LogP contribution is -2.50. The number of hydrogen-bond acceptors (Lipinski definition) is 6. The molecule has 1 aromatic heterocycles. The maximum Gasteiger partial charge on any atom is 0.261 e. The Labute approximate surface area is 174 Å². The van der Waals surface area contributed by atoms with Crippen molar-refractivity contribution in [3.05, 3.63) is 41.8 Å². The van der Waals surface area contributed by atoms with Gasteiger partial charge in [-0.2, -0.15) is 0 Å². The Morgan fingerprint density at radius 1 is 1.17 bits per heavy atom. The van der Waals surface area contributed by atoms with E-state index in [1.807, 2.05) is 0 Å². The number of benzene rings is 1. The number of rotatable bonds is 8. The number of amides is 2. The molecule has 0 atom stereocenters. The van der Waals surface area contributed by atoms with Crippen LogP contribution in [0.2, 0.25) is 0 Å². The van der Waals surface area contributed by atoms with Gasteiger partial charge in [0.15, 0.2) is 6.61 Å². The topological polar surface area (TPSA) is 88.9 Å². The minimum absolute atomic E-state index is 0.0918. The van der Waals surface area contributed by atoms with Crippen molar-refractivity contribution in [3.8, 4) is 11.6 Å². The van der Waals surface area contributed by atoms with Crippen LogP contribution in [0.15, 0.2) is 30.5 Å². The first kappa shape index (κ1) is 21.6. The standard InChI is InChI=1S/C20H26FN5O4/c1-24-13-17(19(23-24)29-2)20(28)26-11-9-25(10-12-26)8-7-22-18(27)14-30-16-5-3-15(21)4-6-16/h3-6,13H,7-12,14H2,1-2H3,(H,22,27). The van der Waals surface area contributed by atoms with E-state index in [9.17, 15) is 14.0 Å². The second-order valence-electron chi connectivity index (χ2n) is 6.95. The quantitative estimate of drug-likeness (QED) is 0.671. The van der Waals surface area contributed by atoms with Crippen molar-refractivity contribution >= 4 is 11.8 Å². The predicted octanol–water partition coefficient (Wildman–Crippen LogP) is 0.521. The molecule has 0 radical (unpaired) electrons. The Bertz CT molecular complexity index is 863. The average molecular weight is 419 g/mol. The van der Waals surface area contributed by atoms with E-state index in [1.54, 1.807) is 22.8 Å². The third-order valence-corrected chi connectivity index (χ3v) is 4.81. The van der Waals surface area contributed by atoms with Crippen molar-refractivity contribution in [3.63, 3.8) is 0 Å². The summed E-state index contributed by atoms with van der Waals surface area (Å²) in [4.78, 5) is 28.5. The van der Waals surface area contributed by atoms with Crippen molar-refractivity contribution in [2.75, 3.05) is 53.0 Å². The summed E-state index contributed by atoms with van der Waals surface area (Å²) in [5, 5.41) is 6.93. The molecule has 1 fully saturated rings. The number of methoxy groups -OCH3 is 1. The second-order valence-corrected chi connectivity index (χ2v) is 6.95. The fourth-order valence-electron chi connectivity index (χ4n) is 3.19. The molecule has 0 aliphatic carbocycles. The third-order valence-electron chi connectivity index (χ3n) is 4.81. The van der Waals surface area contributed by atoms with Gasteiger partial charge < -0.3 is 19.7 Å². The van der Waals surface area contributed by atoms with Gasteiger partial charge in [-0.05, 0) is 24.3 Å². The maximum absolute atomic E-state index is 12.8. The van der Waals surface area contributed by atoms with E-state index in [-0.39, 0.29) is 24.2 Å². The number of nitrogens with one attached hydrogen (secondary N) is 1. The highest BCUT2D eigenvalue weighted by Crippen LogP contribution is 2.18. The molecular formula is C20H26FN5O4. The first-order valence-corrected chi connectivity index (χ1v) is 9.70. The number of aryl methyl sites for hydroxylation is 1. The summed E-state index contributed by atoms with van der Waals surface area (Å²) in [5.74, 6) is 0.0870. The van der Waals surface area contributed by atoms with E-state index in [1.165, 1.54) is 31.4 Å². The Morgan fingerprint density at radius 2 is 1.87 bits per heavy atom. The molecule has 0 saturated carbocycles. The molecule has 2 heterocycles. The smallest absolute Gasteiger partial charge is 0.261 e. The van der Waals surface area contributed by atoms with Crippen LogP contribution in [-0.2, 0) is 11.8 Å². The highest BCUT2D eigenvalue weighted by Gasteiger charge is 2.26. The molecule has 1 aliphatic rings. The van der Waals surface area contributed by atoms with Gasteiger partial charge in [0.05, 0.1) is 7.11 Å². The molecule has 3 rings (SSSR count). The fraction of sp³-hybridized carbons (Fsp3) is 0.450. The van der Waals surface area contributed by atoms with Gasteiger partial charge in [-0.3, -0.25) is 19.2 Å². The zero-order valence-corrected chi connectivity index (χ0v) is 17.1. The largest absolute Gasteiger partial charge is 0.484 e. The van der Waals surface area contributed by atoms with Gasteiger partial charge in [0.25, 0.3) is 11.8 Å². The summed E-state index contributed by atoms with van der Waals surface area (Å²) in [6.45, 7) is 3.67. The minimum atomic E-state index is -0.354. The van der Waals surface area contributed by atoms with Gasteiger partial charge >= 0.3 is 0 Å². The zero-order chi connectivity index (χ0) is 21.5. The van der Waals surface area contributed by atoms with Crippen LogP contribution in [0.3, 0.4) is 0 Å². The van der Waals surface area contributed by atoms with Gasteiger partial charge in [0.2, 0.25) is 5.88 Å². The Morgan fingerprint density at radius 3 is 2.53 bits per heavy atom. The minimum Gasteiger partial charge on any atom is -0.484 e. The number of piperazine rings is 1. The summed E-state index contributed by atoms with van der Waals surface area (Å²) in [7, 11) is 3.24. The fourth-order valence-corrected chi connectivity index (χ4v) is 3.19. The van der Waals surface area contributed by atoms with Crippen LogP contribution < -0.4 is 14.8 Å². The lowest BCUT2D eigenvalue weighted by Gasteiger charge is -2.34.